The SMILES string of the molecule is C=CCOC(=O)/C=C/CC1C[C@@H](O)[C@@H](C)CCCCc2cccc(O)c2C(=O)O1.C=CCOC(=O)/C=C/CC1C[C@@H](OCOC)[C@@H](C)CCCCc2cccc(C)c2C(=O)O1. The maximum atomic E-state index is 13.2. The average Bonchev–Trinajstić information content (AvgIpc) is 3.22. The molecule has 0 radical (unpaired) electrons. The highest BCUT2D eigenvalue weighted by atomic mass is 16.7. The lowest BCUT2D eigenvalue weighted by atomic mass is 9.90. The number of cyclic esters (lactones) is 2. The summed E-state index contributed by atoms with van der Waals surface area (Å²) in [6.45, 7) is 13.5. The fourth-order valence-electron chi connectivity index (χ4n) is 7.40. The molecule has 2 aromatic rings. The number of aliphatic hydroxyl groups excluding tert-OH is 1. The molecular weight excluding hydrogens is 781 g/mol. The van der Waals surface area contributed by atoms with E-state index in [0.717, 1.165) is 61.6 Å². The smallest absolute Gasteiger partial charge is 0.342 e. The number of aromatic hydroxyl groups is 1. The molecule has 0 aliphatic carbocycles. The lowest BCUT2D eigenvalue weighted by Crippen LogP contribution is -2.31. The molecule has 0 bridgehead atoms. The third-order valence-corrected chi connectivity index (χ3v) is 10.8. The fourth-order valence-corrected chi connectivity index (χ4v) is 7.40. The van der Waals surface area contributed by atoms with Crippen molar-refractivity contribution in [2.75, 3.05) is 27.1 Å². The number of methoxy groups -OCH3 is 1. The van der Waals surface area contributed by atoms with Crippen molar-refractivity contribution in [2.45, 2.75) is 122 Å². The number of benzene rings is 2. The van der Waals surface area contributed by atoms with Crippen molar-refractivity contribution in [3.8, 4) is 5.75 Å². The van der Waals surface area contributed by atoms with Crippen LogP contribution in [0.1, 0.15) is 115 Å². The summed E-state index contributed by atoms with van der Waals surface area (Å²) in [7, 11) is 1.59. The van der Waals surface area contributed by atoms with E-state index in [1.54, 1.807) is 25.3 Å². The first-order chi connectivity index (χ1) is 29.4. The lowest BCUT2D eigenvalue weighted by molar-refractivity contribution is -0.137. The van der Waals surface area contributed by atoms with Crippen LogP contribution < -0.4 is 0 Å². The molecule has 6 atom stereocenters. The maximum absolute atomic E-state index is 13.2. The van der Waals surface area contributed by atoms with Gasteiger partial charge in [0.25, 0.3) is 0 Å². The molecule has 2 N–H and O–H groups in total. The van der Waals surface area contributed by atoms with Crippen molar-refractivity contribution in [2.24, 2.45) is 11.8 Å². The summed E-state index contributed by atoms with van der Waals surface area (Å²) in [6.07, 6.45) is 15.7. The zero-order chi connectivity index (χ0) is 44.6. The van der Waals surface area contributed by atoms with Crippen LogP contribution in [-0.4, -0.2) is 85.6 Å². The first-order valence-corrected chi connectivity index (χ1v) is 21.4. The molecule has 2 aromatic carbocycles. The summed E-state index contributed by atoms with van der Waals surface area (Å²) in [6, 6.07) is 10.9. The fraction of sp³-hybridized carbons (Fsp3) is 0.510. The van der Waals surface area contributed by atoms with Crippen LogP contribution in [0.15, 0.2) is 86.0 Å². The Morgan fingerprint density at radius 1 is 0.770 bits per heavy atom. The Balaban J connectivity index is 0.000000327. The number of carbonyl (C=O) groups is 4. The van der Waals surface area contributed by atoms with Gasteiger partial charge in [-0.1, -0.05) is 94.5 Å². The second-order valence-electron chi connectivity index (χ2n) is 15.7. The Hall–Kier alpha value is -5.04. The van der Waals surface area contributed by atoms with Gasteiger partial charge in [0.05, 0.1) is 17.8 Å². The van der Waals surface area contributed by atoms with Gasteiger partial charge in [0, 0.05) is 44.9 Å². The summed E-state index contributed by atoms with van der Waals surface area (Å²) >= 11 is 0. The highest BCUT2D eigenvalue weighted by Gasteiger charge is 2.28. The van der Waals surface area contributed by atoms with Crippen LogP contribution in [0.5, 0.6) is 5.75 Å². The van der Waals surface area contributed by atoms with E-state index in [1.807, 2.05) is 38.1 Å². The third-order valence-electron chi connectivity index (χ3n) is 10.8. The predicted molar refractivity (Wildman–Crippen MR) is 233 cm³/mol. The predicted octanol–water partition coefficient (Wildman–Crippen LogP) is 8.64. The second-order valence-corrected chi connectivity index (χ2v) is 15.7. The number of aliphatic hydroxyl groups is 1. The zero-order valence-electron chi connectivity index (χ0n) is 36.4. The average molecular weight is 847 g/mol. The maximum Gasteiger partial charge on any atom is 0.342 e. The number of ether oxygens (including phenoxy) is 6. The first-order valence-electron chi connectivity index (χ1n) is 21.4. The number of phenols is 1. The van der Waals surface area contributed by atoms with E-state index in [4.69, 9.17) is 28.4 Å². The number of phenolic OH excluding ortho intramolecular Hbond substituents is 1. The van der Waals surface area contributed by atoms with Crippen LogP contribution in [0, 0.1) is 18.8 Å². The number of aryl methyl sites for hydroxylation is 3. The van der Waals surface area contributed by atoms with E-state index in [-0.39, 0.29) is 68.1 Å². The Kier molecular flexibility index (Phi) is 22.9. The quantitative estimate of drug-likeness (QED) is 0.0650. The van der Waals surface area contributed by atoms with E-state index in [1.165, 1.54) is 30.4 Å². The topological polar surface area (TPSA) is 164 Å². The van der Waals surface area contributed by atoms with Gasteiger partial charge >= 0.3 is 23.9 Å². The van der Waals surface area contributed by atoms with Crippen LogP contribution >= 0.6 is 0 Å². The van der Waals surface area contributed by atoms with E-state index in [0.29, 0.717) is 24.8 Å². The number of rotatable bonds is 13. The normalized spacial score (nSPS) is 22.8. The minimum Gasteiger partial charge on any atom is -0.507 e. The van der Waals surface area contributed by atoms with Gasteiger partial charge in [-0.2, -0.15) is 0 Å². The molecular formula is C49H66O12. The molecule has 61 heavy (non-hydrogen) atoms. The van der Waals surface area contributed by atoms with Crippen molar-refractivity contribution in [1.82, 2.24) is 0 Å². The van der Waals surface area contributed by atoms with Crippen LogP contribution in [0.3, 0.4) is 0 Å². The molecule has 2 aliphatic heterocycles. The number of esters is 4. The lowest BCUT2D eigenvalue weighted by Gasteiger charge is -2.29. The zero-order valence-corrected chi connectivity index (χ0v) is 36.4. The van der Waals surface area contributed by atoms with Gasteiger partial charge in [0.15, 0.2) is 0 Å². The number of fused-ring (bicyclic) bond motifs is 2. The number of hydrogen-bond acceptors (Lipinski definition) is 12. The van der Waals surface area contributed by atoms with Gasteiger partial charge in [-0.3, -0.25) is 0 Å². The number of hydrogen-bond donors (Lipinski definition) is 2. The van der Waals surface area contributed by atoms with Gasteiger partial charge in [0.1, 0.15) is 43.5 Å². The van der Waals surface area contributed by atoms with Gasteiger partial charge in [0.2, 0.25) is 0 Å². The van der Waals surface area contributed by atoms with Gasteiger partial charge < -0.3 is 38.6 Å². The monoisotopic (exact) mass is 846 g/mol. The highest BCUT2D eigenvalue weighted by molar-refractivity contribution is 5.94. The Morgan fingerprint density at radius 2 is 1.30 bits per heavy atom. The van der Waals surface area contributed by atoms with Crippen LogP contribution in [0.4, 0.5) is 0 Å². The highest BCUT2D eigenvalue weighted by Crippen LogP contribution is 2.29. The molecule has 12 nitrogen and oxygen atoms in total. The van der Waals surface area contributed by atoms with Gasteiger partial charge in [-0.25, -0.2) is 19.2 Å². The summed E-state index contributed by atoms with van der Waals surface area (Å²) in [5, 5.41) is 20.7. The summed E-state index contributed by atoms with van der Waals surface area (Å²) < 4.78 is 32.5. The Morgan fingerprint density at radius 3 is 1.87 bits per heavy atom. The minimum atomic E-state index is -0.629. The first kappa shape index (κ1) is 50.3. The van der Waals surface area contributed by atoms with Crippen LogP contribution in [0.25, 0.3) is 0 Å². The van der Waals surface area contributed by atoms with Gasteiger partial charge in [-0.05, 0) is 80.0 Å². The summed E-state index contributed by atoms with van der Waals surface area (Å²) in [5.74, 6) is -1.67. The molecule has 2 heterocycles. The van der Waals surface area contributed by atoms with E-state index in [9.17, 15) is 29.4 Å². The molecule has 334 valence electrons. The summed E-state index contributed by atoms with van der Waals surface area (Å²) in [5.41, 5.74) is 3.51. The van der Waals surface area contributed by atoms with Crippen LogP contribution in [0.2, 0.25) is 0 Å². The minimum absolute atomic E-state index is 0.0702. The van der Waals surface area contributed by atoms with Crippen molar-refractivity contribution in [1.29, 1.82) is 0 Å². The van der Waals surface area contributed by atoms with Crippen molar-refractivity contribution in [3.63, 3.8) is 0 Å². The van der Waals surface area contributed by atoms with E-state index in [2.05, 4.69) is 20.1 Å². The Labute approximate surface area is 361 Å². The van der Waals surface area contributed by atoms with Crippen molar-refractivity contribution >= 4 is 23.9 Å². The van der Waals surface area contributed by atoms with E-state index < -0.39 is 36.2 Å². The number of carbonyl (C=O) groups excluding carboxylic acids is 4. The third kappa shape index (κ3) is 17.8. The molecule has 0 fully saturated rings. The van der Waals surface area contributed by atoms with Crippen molar-refractivity contribution in [3.05, 3.63) is 114 Å². The molecule has 0 saturated carbocycles. The standard InChI is InChI=1S/C26H36O6.C23H30O6/c1-5-16-30-24(27)15-9-14-22-17-23(31-18-29-4)19(2)10-6-7-12-21-13-8-11-20(3)25(21)26(28)32-22;1-3-14-28-21(26)13-7-11-18-15-20(25)16(2)8-4-5-9-17-10-6-12-19(24)22(17)23(27)29-18/h5,8-9,11,13,15,19,22-23H,1,6-7,10,12,14,16-18H2,2-4H3;3,6-7,10,12-13,16,18,20,24-25H,1,4-5,8-9,11,14-15H2,2H3/b15-9+;13-7+/t19-,22?,23+;16-,18?,20+/m00/s1. The molecule has 0 spiro atoms. The van der Waals surface area contributed by atoms with E-state index >= 15 is 0 Å². The van der Waals surface area contributed by atoms with Gasteiger partial charge in [-0.15, -0.1) is 0 Å². The summed E-state index contributed by atoms with van der Waals surface area (Å²) in [4.78, 5) is 49.3. The van der Waals surface area contributed by atoms with Crippen molar-refractivity contribution < 1.29 is 57.8 Å². The van der Waals surface area contributed by atoms with Crippen LogP contribution in [-0.2, 0) is 50.9 Å². The molecule has 4 rings (SSSR count). The molecule has 0 aromatic heterocycles. The largest absolute Gasteiger partial charge is 0.507 e. The second kappa shape index (κ2) is 27.7. The molecule has 0 amide bonds. The molecule has 0 saturated heterocycles. The molecule has 2 unspecified atom stereocenters. The molecule has 2 aliphatic rings. The molecule has 12 heteroatoms. The Bertz CT molecular complexity index is 1780.